The van der Waals surface area contributed by atoms with Crippen LogP contribution in [-0.4, -0.2) is 40.8 Å². The quantitative estimate of drug-likeness (QED) is 0.569. The van der Waals surface area contributed by atoms with Crippen molar-refractivity contribution in [2.45, 2.75) is 37.6 Å². The molecule has 168 valence electrons. The summed E-state index contributed by atoms with van der Waals surface area (Å²) in [5.41, 5.74) is 1.15. The van der Waals surface area contributed by atoms with Crippen molar-refractivity contribution in [2.24, 2.45) is 4.99 Å². The first-order valence-electron chi connectivity index (χ1n) is 10.6. The Morgan fingerprint density at radius 1 is 1.21 bits per heavy atom. The van der Waals surface area contributed by atoms with Gasteiger partial charge in [-0.25, -0.2) is 4.39 Å². The number of ether oxygens (including phenoxy) is 1. The predicted molar refractivity (Wildman–Crippen MR) is 120 cm³/mol. The molecule has 4 heterocycles. The lowest BCUT2D eigenvalue weighted by atomic mass is 9.97. The summed E-state index contributed by atoms with van der Waals surface area (Å²) in [6.07, 6.45) is 3.15. The number of nitrogens with zero attached hydrogens (tertiary/aromatic N) is 5. The number of aromatic nitrogens is 2. The summed E-state index contributed by atoms with van der Waals surface area (Å²) < 4.78 is 24.8. The van der Waals surface area contributed by atoms with Gasteiger partial charge in [0.05, 0.1) is 22.7 Å². The topological polar surface area (TPSA) is 84.1 Å². The number of carbonyl (C=O) groups excluding carboxylic acids is 1. The Balaban J connectivity index is 1.41. The Bertz CT molecular complexity index is 1270. The van der Waals surface area contributed by atoms with Gasteiger partial charge >= 0.3 is 0 Å². The molecule has 3 aliphatic rings. The van der Waals surface area contributed by atoms with Crippen molar-refractivity contribution in [3.8, 4) is 11.4 Å². The third kappa shape index (κ3) is 3.07. The zero-order valence-electron chi connectivity index (χ0n) is 17.6. The van der Waals surface area contributed by atoms with Crippen LogP contribution >= 0.6 is 11.6 Å². The van der Waals surface area contributed by atoms with Crippen LogP contribution in [-0.2, 0) is 9.53 Å². The summed E-state index contributed by atoms with van der Waals surface area (Å²) in [5.74, 6) is -0.0574. The number of amides is 1. The summed E-state index contributed by atoms with van der Waals surface area (Å²) in [6.45, 7) is 2.48. The molecular weight excluding hydrogens is 449 g/mol. The summed E-state index contributed by atoms with van der Waals surface area (Å²) in [5, 5.41) is 4.48. The summed E-state index contributed by atoms with van der Waals surface area (Å²) >= 11 is 6.58. The van der Waals surface area contributed by atoms with E-state index < -0.39 is 17.8 Å². The van der Waals surface area contributed by atoms with Crippen LogP contribution in [0.1, 0.15) is 31.7 Å². The van der Waals surface area contributed by atoms with Crippen LogP contribution in [0.2, 0.25) is 5.02 Å². The number of halogens is 2. The molecule has 0 radical (unpaired) electrons. The highest BCUT2D eigenvalue weighted by atomic mass is 35.5. The number of benzene rings is 2. The van der Waals surface area contributed by atoms with Crippen LogP contribution in [0.15, 0.2) is 52.0 Å². The Hall–Kier alpha value is -3.30. The van der Waals surface area contributed by atoms with Gasteiger partial charge < -0.3 is 14.2 Å². The largest absolute Gasteiger partial charge is 0.355 e. The van der Waals surface area contributed by atoms with Crippen molar-refractivity contribution in [2.75, 3.05) is 16.4 Å². The van der Waals surface area contributed by atoms with E-state index in [1.165, 1.54) is 12.1 Å². The van der Waals surface area contributed by atoms with Crippen molar-refractivity contribution >= 4 is 35.2 Å². The molecule has 0 N–H and O–H groups in total. The Labute approximate surface area is 193 Å². The number of fused-ring (bicyclic) bond motifs is 3. The van der Waals surface area contributed by atoms with Crippen LogP contribution in [0.3, 0.4) is 0 Å². The third-order valence-corrected chi connectivity index (χ3v) is 6.66. The van der Waals surface area contributed by atoms with Crippen molar-refractivity contribution in [1.29, 1.82) is 0 Å². The molecule has 1 saturated heterocycles. The molecule has 3 aliphatic heterocycles. The highest BCUT2D eigenvalue weighted by Gasteiger charge is 2.54. The fraction of sp³-hybridized carbons (Fsp3) is 0.304. The second-order valence-electron chi connectivity index (χ2n) is 8.43. The minimum Gasteiger partial charge on any atom is -0.355 e. The summed E-state index contributed by atoms with van der Waals surface area (Å²) in [6, 6.07) is 9.85. The normalized spacial score (nSPS) is 26.1. The second-order valence-corrected chi connectivity index (χ2v) is 8.84. The van der Waals surface area contributed by atoms with E-state index in [0.717, 1.165) is 12.1 Å². The molecule has 0 bridgehead atoms. The molecule has 1 fully saturated rings. The highest BCUT2D eigenvalue weighted by molar-refractivity contribution is 6.35. The van der Waals surface area contributed by atoms with E-state index in [4.69, 9.17) is 20.9 Å². The fourth-order valence-corrected chi connectivity index (χ4v) is 5.03. The van der Waals surface area contributed by atoms with Gasteiger partial charge in [0.1, 0.15) is 17.6 Å². The molecule has 3 atom stereocenters. The minimum absolute atomic E-state index is 0.203. The van der Waals surface area contributed by atoms with Crippen LogP contribution < -0.4 is 9.80 Å². The first kappa shape index (κ1) is 20.3. The van der Waals surface area contributed by atoms with Gasteiger partial charge in [-0.15, -0.1) is 0 Å². The molecule has 0 saturated carbocycles. The zero-order chi connectivity index (χ0) is 22.7. The van der Waals surface area contributed by atoms with Gasteiger partial charge in [0.25, 0.3) is 11.8 Å². The molecule has 6 rings (SSSR count). The number of aliphatic imine (C=N–C) groups is 1. The molecule has 1 aromatic heterocycles. The molecule has 1 amide bonds. The van der Waals surface area contributed by atoms with E-state index in [1.807, 2.05) is 19.1 Å². The molecule has 8 nitrogen and oxygen atoms in total. The molecule has 10 heteroatoms. The van der Waals surface area contributed by atoms with E-state index >= 15 is 0 Å². The van der Waals surface area contributed by atoms with E-state index in [0.29, 0.717) is 35.1 Å². The van der Waals surface area contributed by atoms with Gasteiger partial charge in [-0.3, -0.25) is 14.7 Å². The van der Waals surface area contributed by atoms with E-state index in [1.54, 1.807) is 34.3 Å². The average molecular weight is 468 g/mol. The lowest BCUT2D eigenvalue weighted by Gasteiger charge is -2.46. The van der Waals surface area contributed by atoms with Crippen LogP contribution in [0.4, 0.5) is 15.8 Å². The van der Waals surface area contributed by atoms with Gasteiger partial charge in [0.2, 0.25) is 5.82 Å². The maximum Gasteiger partial charge on any atom is 0.255 e. The zero-order valence-corrected chi connectivity index (χ0v) is 18.4. The van der Waals surface area contributed by atoms with Crippen LogP contribution in [0, 0.1) is 5.82 Å². The molecule has 0 aliphatic carbocycles. The number of para-hydroxylation sites is 1. The van der Waals surface area contributed by atoms with E-state index in [9.17, 15) is 9.18 Å². The van der Waals surface area contributed by atoms with Crippen molar-refractivity contribution in [3.05, 3.63) is 59.2 Å². The number of carbonyl (C=O) groups is 1. The number of hydrogen-bond acceptors (Lipinski definition) is 7. The maximum absolute atomic E-state index is 13.9. The monoisotopic (exact) mass is 467 g/mol. The number of rotatable bonds is 3. The SMILES string of the molecule is CC1(N2C(=O)C3C(c4nc(-c5ccc(F)cc5)no4)N=CN3c3cccc(Cl)c32)CCCO1. The molecule has 3 unspecified atom stereocenters. The lowest BCUT2D eigenvalue weighted by Crippen LogP contribution is -2.60. The summed E-state index contributed by atoms with van der Waals surface area (Å²) in [4.78, 5) is 26.4. The van der Waals surface area contributed by atoms with Gasteiger partial charge in [-0.2, -0.15) is 4.98 Å². The highest BCUT2D eigenvalue weighted by Crippen LogP contribution is 2.49. The smallest absolute Gasteiger partial charge is 0.255 e. The Kier molecular flexibility index (Phi) is 4.53. The third-order valence-electron chi connectivity index (χ3n) is 6.36. The molecule has 2 aromatic carbocycles. The Morgan fingerprint density at radius 3 is 2.79 bits per heavy atom. The van der Waals surface area contributed by atoms with Gasteiger partial charge in [0, 0.05) is 12.2 Å². The second kappa shape index (κ2) is 7.36. The maximum atomic E-state index is 13.9. The van der Waals surface area contributed by atoms with Gasteiger partial charge in [-0.1, -0.05) is 22.8 Å². The number of anilines is 2. The molecule has 33 heavy (non-hydrogen) atoms. The van der Waals surface area contributed by atoms with Crippen molar-refractivity contribution < 1.29 is 18.4 Å². The first-order chi connectivity index (χ1) is 16.0. The Morgan fingerprint density at radius 2 is 2.03 bits per heavy atom. The standard InChI is InChI=1S/C23H19ClFN5O3/c1-23(10-3-11-32-23)30-18-15(24)4-2-5-16(18)29-12-26-17(19(29)22(30)31)21-27-20(28-33-21)13-6-8-14(25)9-7-13/h2,4-9,12,17,19H,3,10-11H2,1H3. The minimum atomic E-state index is -0.815. The summed E-state index contributed by atoms with van der Waals surface area (Å²) in [7, 11) is 0. The fourth-order valence-electron chi connectivity index (χ4n) is 4.77. The van der Waals surface area contributed by atoms with Crippen molar-refractivity contribution in [1.82, 2.24) is 10.1 Å². The van der Waals surface area contributed by atoms with Gasteiger partial charge in [-0.05, 0) is 56.2 Å². The lowest BCUT2D eigenvalue weighted by molar-refractivity contribution is -0.125. The van der Waals surface area contributed by atoms with Crippen LogP contribution in [0.5, 0.6) is 0 Å². The van der Waals surface area contributed by atoms with Crippen molar-refractivity contribution in [3.63, 3.8) is 0 Å². The molecular formula is C23H19ClFN5O3. The van der Waals surface area contributed by atoms with E-state index in [-0.39, 0.29) is 17.6 Å². The van der Waals surface area contributed by atoms with E-state index in [2.05, 4.69) is 15.1 Å². The van der Waals surface area contributed by atoms with Crippen LogP contribution in [0.25, 0.3) is 11.4 Å². The van der Waals surface area contributed by atoms with Gasteiger partial charge in [0.15, 0.2) is 6.04 Å². The molecule has 3 aromatic rings. The average Bonchev–Trinajstić information content (AvgIpc) is 3.55. The number of hydrogen-bond donors (Lipinski definition) is 0. The first-order valence-corrected chi connectivity index (χ1v) is 11.0. The predicted octanol–water partition coefficient (Wildman–Crippen LogP) is 4.36. The molecule has 0 spiro atoms.